The highest BCUT2D eigenvalue weighted by Gasteiger charge is 2.13. The predicted molar refractivity (Wildman–Crippen MR) is 73.0 cm³/mol. The molecule has 0 aromatic heterocycles. The third kappa shape index (κ3) is 3.92. The first-order chi connectivity index (χ1) is 9.56. The Balaban J connectivity index is 1.92. The maximum absolute atomic E-state index is 13.4. The molecule has 2 aromatic rings. The minimum Gasteiger partial charge on any atom is -0.491 e. The highest BCUT2D eigenvalue weighted by atomic mass is 35.5. The van der Waals surface area contributed by atoms with Gasteiger partial charge in [-0.3, -0.25) is 0 Å². The third-order valence-electron chi connectivity index (χ3n) is 2.73. The molecule has 5 heteroatoms. The molecule has 0 spiro atoms. The van der Waals surface area contributed by atoms with Crippen LogP contribution in [0.1, 0.15) is 5.56 Å². The summed E-state index contributed by atoms with van der Waals surface area (Å²) in [4.78, 5) is 0. The lowest BCUT2D eigenvalue weighted by atomic mass is 10.1. The second kappa shape index (κ2) is 6.68. The first kappa shape index (κ1) is 14.8. The fourth-order valence-corrected chi connectivity index (χ4v) is 1.95. The van der Waals surface area contributed by atoms with Gasteiger partial charge in [-0.1, -0.05) is 29.8 Å². The summed E-state index contributed by atoms with van der Waals surface area (Å²) in [7, 11) is 0. The van der Waals surface area contributed by atoms with Crippen molar-refractivity contribution >= 4 is 11.6 Å². The van der Waals surface area contributed by atoms with Crippen LogP contribution in [0.5, 0.6) is 5.75 Å². The van der Waals surface area contributed by atoms with Crippen LogP contribution in [0.3, 0.4) is 0 Å². The number of hydrogen-bond donors (Lipinski definition) is 1. The largest absolute Gasteiger partial charge is 0.491 e. The molecule has 1 N–H and O–H groups in total. The predicted octanol–water partition coefficient (Wildman–Crippen LogP) is 3.60. The molecule has 0 bridgehead atoms. The van der Waals surface area contributed by atoms with Crippen LogP contribution in [0.4, 0.5) is 8.78 Å². The number of ether oxygens (including phenoxy) is 1. The van der Waals surface area contributed by atoms with E-state index in [4.69, 9.17) is 16.3 Å². The Morgan fingerprint density at radius 2 is 1.90 bits per heavy atom. The van der Waals surface area contributed by atoms with Crippen molar-refractivity contribution < 1.29 is 18.6 Å². The molecule has 106 valence electrons. The molecule has 0 saturated carbocycles. The lowest BCUT2D eigenvalue weighted by molar-refractivity contribution is 0.107. The quantitative estimate of drug-likeness (QED) is 0.914. The molecule has 0 aliphatic heterocycles. The van der Waals surface area contributed by atoms with Crippen LogP contribution in [-0.4, -0.2) is 17.8 Å². The molecule has 0 saturated heterocycles. The summed E-state index contributed by atoms with van der Waals surface area (Å²) in [5.41, 5.74) is 0.118. The number of aliphatic hydroxyl groups is 1. The highest BCUT2D eigenvalue weighted by Crippen LogP contribution is 2.18. The molecule has 20 heavy (non-hydrogen) atoms. The van der Waals surface area contributed by atoms with Crippen molar-refractivity contribution in [3.63, 3.8) is 0 Å². The Kier molecular flexibility index (Phi) is 4.93. The Morgan fingerprint density at radius 1 is 1.15 bits per heavy atom. The molecule has 0 heterocycles. The van der Waals surface area contributed by atoms with Crippen LogP contribution in [0.2, 0.25) is 5.02 Å². The van der Waals surface area contributed by atoms with Crippen LogP contribution in [-0.2, 0) is 6.42 Å². The van der Waals surface area contributed by atoms with Crippen molar-refractivity contribution in [2.75, 3.05) is 6.61 Å². The van der Waals surface area contributed by atoms with Crippen LogP contribution < -0.4 is 4.74 Å². The average molecular weight is 299 g/mol. The second-order valence-electron chi connectivity index (χ2n) is 4.34. The summed E-state index contributed by atoms with van der Waals surface area (Å²) >= 11 is 5.79. The zero-order valence-corrected chi connectivity index (χ0v) is 11.3. The summed E-state index contributed by atoms with van der Waals surface area (Å²) < 4.78 is 31.8. The van der Waals surface area contributed by atoms with Crippen molar-refractivity contribution in [3.8, 4) is 5.75 Å². The van der Waals surface area contributed by atoms with E-state index in [0.29, 0.717) is 10.8 Å². The van der Waals surface area contributed by atoms with Gasteiger partial charge in [-0.15, -0.1) is 0 Å². The van der Waals surface area contributed by atoms with Crippen molar-refractivity contribution in [2.45, 2.75) is 12.5 Å². The van der Waals surface area contributed by atoms with E-state index in [2.05, 4.69) is 0 Å². The van der Waals surface area contributed by atoms with E-state index < -0.39 is 17.7 Å². The maximum atomic E-state index is 13.4. The molecule has 0 aliphatic rings. The minimum atomic E-state index is -0.940. The van der Waals surface area contributed by atoms with E-state index in [1.54, 1.807) is 24.3 Å². The molecular formula is C15H13ClF2O2. The molecule has 0 amide bonds. The smallest absolute Gasteiger partial charge is 0.162 e. The van der Waals surface area contributed by atoms with Gasteiger partial charge in [0.1, 0.15) is 12.4 Å². The molecule has 2 rings (SSSR count). The fraction of sp³-hybridized carbons (Fsp3) is 0.200. The monoisotopic (exact) mass is 298 g/mol. The van der Waals surface area contributed by atoms with Crippen molar-refractivity contribution in [1.82, 2.24) is 0 Å². The van der Waals surface area contributed by atoms with Crippen LogP contribution >= 0.6 is 11.6 Å². The third-order valence-corrected chi connectivity index (χ3v) is 2.96. The number of benzene rings is 2. The first-order valence-corrected chi connectivity index (χ1v) is 6.43. The molecule has 1 atom stereocenters. The number of aliphatic hydroxyl groups excluding tert-OH is 1. The van der Waals surface area contributed by atoms with E-state index in [1.807, 2.05) is 0 Å². The molecule has 0 radical (unpaired) electrons. The van der Waals surface area contributed by atoms with Crippen molar-refractivity contribution in [2.24, 2.45) is 0 Å². The molecule has 2 aromatic carbocycles. The van der Waals surface area contributed by atoms with Gasteiger partial charge in [0.2, 0.25) is 0 Å². The minimum absolute atomic E-state index is 0.0237. The molecule has 0 fully saturated rings. The standard InChI is InChI=1S/C15H13ClF2O2/c16-11-4-2-5-13(8-11)20-9-12(19)7-10-3-1-6-14(17)15(10)18/h1-6,8,12,19H,7,9H2. The lowest BCUT2D eigenvalue weighted by Crippen LogP contribution is -2.21. The van der Waals surface area contributed by atoms with Gasteiger partial charge in [0, 0.05) is 11.4 Å². The van der Waals surface area contributed by atoms with Gasteiger partial charge in [-0.25, -0.2) is 8.78 Å². The van der Waals surface area contributed by atoms with Gasteiger partial charge in [0.15, 0.2) is 11.6 Å². The van der Waals surface area contributed by atoms with Crippen molar-refractivity contribution in [1.29, 1.82) is 0 Å². The summed E-state index contributed by atoms with van der Waals surface area (Å²) in [5.74, 6) is -1.35. The summed E-state index contributed by atoms with van der Waals surface area (Å²) in [6, 6.07) is 10.6. The van der Waals surface area contributed by atoms with E-state index >= 15 is 0 Å². The topological polar surface area (TPSA) is 29.5 Å². The molecular weight excluding hydrogens is 286 g/mol. The van der Waals surface area contributed by atoms with Gasteiger partial charge in [-0.2, -0.15) is 0 Å². The van der Waals surface area contributed by atoms with Crippen LogP contribution in [0.15, 0.2) is 42.5 Å². The van der Waals surface area contributed by atoms with Gasteiger partial charge in [0.05, 0.1) is 6.10 Å². The van der Waals surface area contributed by atoms with E-state index in [9.17, 15) is 13.9 Å². The SMILES string of the molecule is OC(COc1cccc(Cl)c1)Cc1cccc(F)c1F. The zero-order chi connectivity index (χ0) is 14.5. The normalized spacial score (nSPS) is 12.2. The molecule has 0 aliphatic carbocycles. The van der Waals surface area contributed by atoms with Crippen LogP contribution in [0, 0.1) is 11.6 Å². The Hall–Kier alpha value is -1.65. The Labute approximate surface area is 120 Å². The van der Waals surface area contributed by atoms with Crippen molar-refractivity contribution in [3.05, 3.63) is 64.7 Å². The van der Waals surface area contributed by atoms with Crippen LogP contribution in [0.25, 0.3) is 0 Å². The second-order valence-corrected chi connectivity index (χ2v) is 4.78. The summed E-state index contributed by atoms with van der Waals surface area (Å²) in [6.45, 7) is -0.0315. The number of hydrogen-bond acceptors (Lipinski definition) is 2. The van der Waals surface area contributed by atoms with Gasteiger partial charge < -0.3 is 9.84 Å². The Bertz CT molecular complexity index is 590. The van der Waals surface area contributed by atoms with E-state index in [0.717, 1.165) is 6.07 Å². The Morgan fingerprint density at radius 3 is 2.65 bits per heavy atom. The summed E-state index contributed by atoms with van der Waals surface area (Å²) in [5, 5.41) is 10.3. The number of rotatable bonds is 5. The maximum Gasteiger partial charge on any atom is 0.162 e. The van der Waals surface area contributed by atoms with E-state index in [-0.39, 0.29) is 18.6 Å². The van der Waals surface area contributed by atoms with Gasteiger partial charge in [0.25, 0.3) is 0 Å². The molecule has 2 nitrogen and oxygen atoms in total. The highest BCUT2D eigenvalue weighted by molar-refractivity contribution is 6.30. The van der Waals surface area contributed by atoms with Gasteiger partial charge in [-0.05, 0) is 29.8 Å². The first-order valence-electron chi connectivity index (χ1n) is 6.05. The lowest BCUT2D eigenvalue weighted by Gasteiger charge is -2.13. The van der Waals surface area contributed by atoms with E-state index in [1.165, 1.54) is 12.1 Å². The molecule has 1 unspecified atom stereocenters. The number of halogens is 3. The zero-order valence-electron chi connectivity index (χ0n) is 10.5. The summed E-state index contributed by atoms with van der Waals surface area (Å²) in [6.07, 6.45) is -0.963. The fourth-order valence-electron chi connectivity index (χ4n) is 1.77. The van der Waals surface area contributed by atoms with Gasteiger partial charge >= 0.3 is 0 Å². The average Bonchev–Trinajstić information content (AvgIpc) is 2.42.